The van der Waals surface area contributed by atoms with Gasteiger partial charge in [-0.3, -0.25) is 4.79 Å². The Labute approximate surface area is 94.5 Å². The number of H-pyrrole nitrogens is 1. The fourth-order valence-electron chi connectivity index (χ4n) is 1.85. The predicted octanol–water partition coefficient (Wildman–Crippen LogP) is 1.07. The first-order valence-corrected chi connectivity index (χ1v) is 6.00. The molecule has 0 radical (unpaired) electrons. The molecule has 86 valence electrons. The van der Waals surface area contributed by atoms with Gasteiger partial charge in [0.05, 0.1) is 5.69 Å². The molecule has 1 aromatic heterocycles. The van der Waals surface area contributed by atoms with Gasteiger partial charge in [0, 0.05) is 24.1 Å². The molecular formula is C12H17N3O. The highest BCUT2D eigenvalue weighted by Gasteiger charge is 2.41. The van der Waals surface area contributed by atoms with E-state index in [-0.39, 0.29) is 11.0 Å². The zero-order valence-electron chi connectivity index (χ0n) is 9.55. The maximum absolute atomic E-state index is 11.5. The Balaban J connectivity index is 1.81. The Morgan fingerprint density at radius 2 is 2.31 bits per heavy atom. The summed E-state index contributed by atoms with van der Waals surface area (Å²) < 4.78 is 0. The van der Waals surface area contributed by atoms with Gasteiger partial charge in [-0.2, -0.15) is 0 Å². The van der Waals surface area contributed by atoms with E-state index in [9.17, 15) is 4.79 Å². The molecule has 2 fully saturated rings. The summed E-state index contributed by atoms with van der Waals surface area (Å²) in [5.41, 5.74) is 0.985. The molecule has 2 aliphatic rings. The number of rotatable bonds is 4. The molecule has 16 heavy (non-hydrogen) atoms. The SMILES string of the molecule is CC1(c2nc(CNC3CC3)cc(=O)[nH]2)CC1. The fourth-order valence-corrected chi connectivity index (χ4v) is 1.85. The van der Waals surface area contributed by atoms with E-state index in [0.717, 1.165) is 30.9 Å². The van der Waals surface area contributed by atoms with Crippen LogP contribution in [-0.2, 0) is 12.0 Å². The lowest BCUT2D eigenvalue weighted by molar-refractivity contribution is 0.643. The summed E-state index contributed by atoms with van der Waals surface area (Å²) in [4.78, 5) is 18.9. The van der Waals surface area contributed by atoms with Crippen LogP contribution in [0.3, 0.4) is 0 Å². The second-order valence-corrected chi connectivity index (χ2v) is 5.30. The van der Waals surface area contributed by atoms with E-state index in [4.69, 9.17) is 0 Å². The van der Waals surface area contributed by atoms with E-state index < -0.39 is 0 Å². The summed E-state index contributed by atoms with van der Waals surface area (Å²) in [6.07, 6.45) is 4.78. The van der Waals surface area contributed by atoms with Crippen molar-refractivity contribution >= 4 is 0 Å². The molecule has 2 aliphatic carbocycles. The molecule has 1 aromatic rings. The minimum absolute atomic E-state index is 0.0225. The third-order valence-electron chi connectivity index (χ3n) is 3.52. The molecule has 0 amide bonds. The van der Waals surface area contributed by atoms with Gasteiger partial charge in [-0.15, -0.1) is 0 Å². The highest BCUT2D eigenvalue weighted by atomic mass is 16.1. The Hall–Kier alpha value is -1.16. The minimum atomic E-state index is -0.0225. The van der Waals surface area contributed by atoms with Crippen LogP contribution in [0.2, 0.25) is 0 Å². The summed E-state index contributed by atoms with van der Waals surface area (Å²) >= 11 is 0. The van der Waals surface area contributed by atoms with Gasteiger partial charge in [0.2, 0.25) is 0 Å². The number of hydrogen-bond acceptors (Lipinski definition) is 3. The van der Waals surface area contributed by atoms with Crippen molar-refractivity contribution in [3.05, 3.63) is 27.9 Å². The van der Waals surface area contributed by atoms with Gasteiger partial charge < -0.3 is 10.3 Å². The number of aromatic nitrogens is 2. The number of nitrogens with one attached hydrogen (secondary N) is 2. The third kappa shape index (κ3) is 2.02. The van der Waals surface area contributed by atoms with Crippen molar-refractivity contribution < 1.29 is 0 Å². The molecule has 0 bridgehead atoms. The highest BCUT2D eigenvalue weighted by molar-refractivity contribution is 5.17. The fraction of sp³-hybridized carbons (Fsp3) is 0.667. The van der Waals surface area contributed by atoms with Gasteiger partial charge in [-0.25, -0.2) is 4.98 Å². The average Bonchev–Trinajstić information content (AvgIpc) is 3.11. The molecule has 2 saturated carbocycles. The maximum atomic E-state index is 11.5. The van der Waals surface area contributed by atoms with Crippen LogP contribution in [0.5, 0.6) is 0 Å². The van der Waals surface area contributed by atoms with Crippen LogP contribution in [0.1, 0.15) is 44.1 Å². The van der Waals surface area contributed by atoms with Gasteiger partial charge in [0.15, 0.2) is 0 Å². The highest BCUT2D eigenvalue weighted by Crippen LogP contribution is 2.45. The lowest BCUT2D eigenvalue weighted by Crippen LogP contribution is -2.22. The van der Waals surface area contributed by atoms with E-state index >= 15 is 0 Å². The first kappa shape index (κ1) is 10.0. The average molecular weight is 219 g/mol. The van der Waals surface area contributed by atoms with Gasteiger partial charge in [-0.05, 0) is 25.7 Å². The number of aromatic amines is 1. The zero-order chi connectivity index (χ0) is 11.2. The van der Waals surface area contributed by atoms with E-state index in [2.05, 4.69) is 22.2 Å². The molecule has 0 saturated heterocycles. The Morgan fingerprint density at radius 1 is 1.56 bits per heavy atom. The third-order valence-corrected chi connectivity index (χ3v) is 3.52. The van der Waals surface area contributed by atoms with Crippen LogP contribution in [0.4, 0.5) is 0 Å². The van der Waals surface area contributed by atoms with E-state index in [1.54, 1.807) is 6.07 Å². The molecule has 0 aromatic carbocycles. The first-order chi connectivity index (χ1) is 7.66. The second kappa shape index (κ2) is 3.42. The molecule has 0 atom stereocenters. The second-order valence-electron chi connectivity index (χ2n) is 5.30. The smallest absolute Gasteiger partial charge is 0.251 e. The minimum Gasteiger partial charge on any atom is -0.310 e. The van der Waals surface area contributed by atoms with Crippen molar-refractivity contribution in [3.8, 4) is 0 Å². The van der Waals surface area contributed by atoms with Crippen LogP contribution < -0.4 is 10.9 Å². The summed E-state index contributed by atoms with van der Waals surface area (Å²) in [6.45, 7) is 2.88. The lowest BCUT2D eigenvalue weighted by Gasteiger charge is -2.09. The van der Waals surface area contributed by atoms with E-state index in [0.29, 0.717) is 6.04 Å². The largest absolute Gasteiger partial charge is 0.310 e. The van der Waals surface area contributed by atoms with Crippen molar-refractivity contribution in [1.82, 2.24) is 15.3 Å². The zero-order valence-corrected chi connectivity index (χ0v) is 9.55. The van der Waals surface area contributed by atoms with Crippen molar-refractivity contribution in [1.29, 1.82) is 0 Å². The normalized spacial score (nSPS) is 22.1. The van der Waals surface area contributed by atoms with Crippen LogP contribution in [-0.4, -0.2) is 16.0 Å². The molecule has 0 spiro atoms. The predicted molar refractivity (Wildman–Crippen MR) is 61.3 cm³/mol. The lowest BCUT2D eigenvalue weighted by atomic mass is 10.1. The van der Waals surface area contributed by atoms with Crippen molar-refractivity contribution in [2.75, 3.05) is 0 Å². The quantitative estimate of drug-likeness (QED) is 0.796. The molecule has 3 rings (SSSR count). The molecular weight excluding hydrogens is 202 g/mol. The molecule has 1 heterocycles. The van der Waals surface area contributed by atoms with Crippen LogP contribution in [0, 0.1) is 0 Å². The molecule has 4 nitrogen and oxygen atoms in total. The Bertz CT molecular complexity index is 458. The monoisotopic (exact) mass is 219 g/mol. The number of nitrogens with zero attached hydrogens (tertiary/aromatic N) is 1. The van der Waals surface area contributed by atoms with Gasteiger partial charge in [-0.1, -0.05) is 6.92 Å². The summed E-state index contributed by atoms with van der Waals surface area (Å²) in [6, 6.07) is 2.26. The summed E-state index contributed by atoms with van der Waals surface area (Å²) in [5.74, 6) is 0.868. The van der Waals surface area contributed by atoms with Crippen LogP contribution in [0.25, 0.3) is 0 Å². The topological polar surface area (TPSA) is 57.8 Å². The molecule has 0 unspecified atom stereocenters. The first-order valence-electron chi connectivity index (χ1n) is 6.00. The van der Waals surface area contributed by atoms with Crippen LogP contribution >= 0.6 is 0 Å². The molecule has 2 N–H and O–H groups in total. The van der Waals surface area contributed by atoms with Crippen molar-refractivity contribution in [3.63, 3.8) is 0 Å². The standard InChI is InChI=1S/C12H17N3O/c1-12(4-5-12)11-14-9(6-10(16)15-11)7-13-8-2-3-8/h6,8,13H,2-5,7H2,1H3,(H,14,15,16). The van der Waals surface area contributed by atoms with Gasteiger partial charge in [0.1, 0.15) is 5.82 Å². The van der Waals surface area contributed by atoms with Crippen LogP contribution in [0.15, 0.2) is 10.9 Å². The Morgan fingerprint density at radius 3 is 2.94 bits per heavy atom. The summed E-state index contributed by atoms with van der Waals surface area (Å²) in [7, 11) is 0. The van der Waals surface area contributed by atoms with E-state index in [1.165, 1.54) is 12.8 Å². The van der Waals surface area contributed by atoms with Crippen molar-refractivity contribution in [2.24, 2.45) is 0 Å². The van der Waals surface area contributed by atoms with Gasteiger partial charge >= 0.3 is 0 Å². The van der Waals surface area contributed by atoms with E-state index in [1.807, 2.05) is 0 Å². The number of hydrogen-bond donors (Lipinski definition) is 2. The molecule has 4 heteroatoms. The Kier molecular flexibility index (Phi) is 2.14. The maximum Gasteiger partial charge on any atom is 0.251 e. The van der Waals surface area contributed by atoms with Crippen molar-refractivity contribution in [2.45, 2.75) is 50.6 Å². The van der Waals surface area contributed by atoms with Gasteiger partial charge in [0.25, 0.3) is 5.56 Å². The molecule has 0 aliphatic heterocycles. The summed E-state index contributed by atoms with van der Waals surface area (Å²) in [5, 5.41) is 3.38.